The second kappa shape index (κ2) is 5.76. The van der Waals surface area contributed by atoms with Gasteiger partial charge in [-0.1, -0.05) is 23.8 Å². The summed E-state index contributed by atoms with van der Waals surface area (Å²) in [6.07, 6.45) is 2.82. The summed E-state index contributed by atoms with van der Waals surface area (Å²) in [5, 5.41) is 11.3. The first-order valence-electron chi connectivity index (χ1n) is 8.90. The number of amides is 1. The number of hydrogen-bond acceptors (Lipinski definition) is 3. The van der Waals surface area contributed by atoms with Gasteiger partial charge in [0.2, 0.25) is 0 Å². The average Bonchev–Trinajstić information content (AvgIpc) is 2.70. The summed E-state index contributed by atoms with van der Waals surface area (Å²) >= 11 is 0. The Morgan fingerprint density at radius 2 is 1.79 bits per heavy atom. The number of aryl methyl sites for hydroxylation is 2. The van der Waals surface area contributed by atoms with Crippen LogP contribution in [0.25, 0.3) is 0 Å². The minimum Gasteiger partial charge on any atom is -0.444 e. The van der Waals surface area contributed by atoms with Gasteiger partial charge in [-0.2, -0.15) is 0 Å². The van der Waals surface area contributed by atoms with Gasteiger partial charge in [-0.3, -0.25) is 0 Å². The van der Waals surface area contributed by atoms with E-state index in [4.69, 9.17) is 4.74 Å². The molecular weight excluding hydrogens is 302 g/mol. The van der Waals surface area contributed by atoms with E-state index in [0.717, 1.165) is 24.0 Å². The molecule has 2 heterocycles. The molecule has 24 heavy (non-hydrogen) atoms. The van der Waals surface area contributed by atoms with Gasteiger partial charge in [-0.05, 0) is 58.6 Å². The number of rotatable bonds is 1. The summed E-state index contributed by atoms with van der Waals surface area (Å²) in [6, 6.07) is 6.35. The van der Waals surface area contributed by atoms with E-state index < -0.39 is 11.2 Å². The number of ether oxygens (including phenoxy) is 1. The molecule has 4 nitrogen and oxygen atoms in total. The fourth-order valence-corrected chi connectivity index (χ4v) is 4.39. The zero-order valence-corrected chi connectivity index (χ0v) is 15.4. The summed E-state index contributed by atoms with van der Waals surface area (Å²) in [7, 11) is 0. The van der Waals surface area contributed by atoms with Crippen LogP contribution in [0.5, 0.6) is 0 Å². The molecule has 4 heteroatoms. The van der Waals surface area contributed by atoms with Crippen LogP contribution >= 0.6 is 0 Å². The monoisotopic (exact) mass is 331 g/mol. The van der Waals surface area contributed by atoms with Gasteiger partial charge in [0.15, 0.2) is 0 Å². The van der Waals surface area contributed by atoms with Gasteiger partial charge in [0, 0.05) is 24.9 Å². The second-order valence-corrected chi connectivity index (χ2v) is 8.53. The third-order valence-electron chi connectivity index (χ3n) is 5.25. The Morgan fingerprint density at radius 1 is 1.21 bits per heavy atom. The van der Waals surface area contributed by atoms with Gasteiger partial charge in [0.05, 0.1) is 5.60 Å². The lowest BCUT2D eigenvalue weighted by atomic mass is 9.78. The predicted molar refractivity (Wildman–Crippen MR) is 93.9 cm³/mol. The summed E-state index contributed by atoms with van der Waals surface area (Å²) in [5.74, 6) is 0. The molecule has 1 aromatic rings. The molecule has 2 atom stereocenters. The predicted octanol–water partition coefficient (Wildman–Crippen LogP) is 4.05. The Balaban J connectivity index is 1.83. The highest BCUT2D eigenvalue weighted by molar-refractivity contribution is 5.70. The molecule has 3 rings (SSSR count). The van der Waals surface area contributed by atoms with Crippen molar-refractivity contribution >= 4 is 6.09 Å². The number of carbonyl (C=O) groups is 1. The number of piperidine rings is 1. The maximum absolute atomic E-state index is 12.6. The second-order valence-electron chi connectivity index (χ2n) is 8.53. The highest BCUT2D eigenvalue weighted by Crippen LogP contribution is 2.46. The van der Waals surface area contributed by atoms with Gasteiger partial charge < -0.3 is 14.7 Å². The van der Waals surface area contributed by atoms with Gasteiger partial charge in [0.25, 0.3) is 0 Å². The van der Waals surface area contributed by atoms with E-state index >= 15 is 0 Å². The summed E-state index contributed by atoms with van der Waals surface area (Å²) in [4.78, 5) is 14.4. The standard InChI is InChI=1S/C20H29NO3/c1-13-6-9-17(14(2)10-13)20(23)11-15-7-8-16(12-20)21(15)18(22)24-19(3,4)5/h6,9-10,15-16,23H,7-8,11-12H2,1-5H3. The van der Waals surface area contributed by atoms with E-state index in [2.05, 4.69) is 26.0 Å². The van der Waals surface area contributed by atoms with Gasteiger partial charge >= 0.3 is 6.09 Å². The van der Waals surface area contributed by atoms with Crippen molar-refractivity contribution in [3.8, 4) is 0 Å². The maximum Gasteiger partial charge on any atom is 0.410 e. The van der Waals surface area contributed by atoms with Crippen molar-refractivity contribution in [1.29, 1.82) is 0 Å². The first-order chi connectivity index (χ1) is 11.1. The van der Waals surface area contributed by atoms with Crippen LogP contribution in [0.15, 0.2) is 18.2 Å². The number of carbonyl (C=O) groups excluding carboxylic acids is 1. The van der Waals surface area contributed by atoms with E-state index in [0.29, 0.717) is 12.8 Å². The molecule has 0 aliphatic carbocycles. The Labute approximate surface area is 144 Å². The van der Waals surface area contributed by atoms with Crippen LogP contribution < -0.4 is 0 Å². The van der Waals surface area contributed by atoms with Crippen LogP contribution in [-0.4, -0.2) is 33.8 Å². The van der Waals surface area contributed by atoms with E-state index in [-0.39, 0.29) is 18.2 Å². The molecule has 2 bridgehead atoms. The van der Waals surface area contributed by atoms with E-state index in [1.54, 1.807) is 0 Å². The van der Waals surface area contributed by atoms with Crippen molar-refractivity contribution in [3.05, 3.63) is 34.9 Å². The van der Waals surface area contributed by atoms with Gasteiger partial charge in [-0.15, -0.1) is 0 Å². The van der Waals surface area contributed by atoms with Crippen molar-refractivity contribution in [2.24, 2.45) is 0 Å². The molecule has 1 aromatic carbocycles. The average molecular weight is 331 g/mol. The zero-order valence-electron chi connectivity index (χ0n) is 15.4. The molecule has 2 saturated heterocycles. The van der Waals surface area contributed by atoms with Crippen molar-refractivity contribution in [2.45, 2.75) is 83.6 Å². The topological polar surface area (TPSA) is 49.8 Å². The van der Waals surface area contributed by atoms with E-state index in [1.165, 1.54) is 5.56 Å². The summed E-state index contributed by atoms with van der Waals surface area (Å²) in [6.45, 7) is 9.80. The smallest absolute Gasteiger partial charge is 0.410 e. The van der Waals surface area contributed by atoms with E-state index in [9.17, 15) is 9.90 Å². The van der Waals surface area contributed by atoms with Gasteiger partial charge in [0.1, 0.15) is 5.60 Å². The minimum atomic E-state index is -0.845. The Kier molecular flexibility index (Phi) is 4.15. The minimum absolute atomic E-state index is 0.0595. The van der Waals surface area contributed by atoms with Crippen molar-refractivity contribution in [3.63, 3.8) is 0 Å². The molecule has 0 radical (unpaired) electrons. The van der Waals surface area contributed by atoms with Crippen LogP contribution in [0.2, 0.25) is 0 Å². The number of fused-ring (bicyclic) bond motifs is 2. The SMILES string of the molecule is Cc1ccc(C2(O)CC3CCC(C2)N3C(=O)OC(C)(C)C)c(C)c1. The fraction of sp³-hybridized carbons (Fsp3) is 0.650. The molecule has 0 spiro atoms. The molecule has 0 saturated carbocycles. The maximum atomic E-state index is 12.6. The summed E-state index contributed by atoms with van der Waals surface area (Å²) in [5.41, 5.74) is 2.01. The first kappa shape index (κ1) is 17.3. The lowest BCUT2D eigenvalue weighted by Gasteiger charge is -2.44. The number of aliphatic hydroxyl groups is 1. The molecule has 132 valence electrons. The van der Waals surface area contributed by atoms with Crippen molar-refractivity contribution in [1.82, 2.24) is 4.90 Å². The van der Waals surface area contributed by atoms with Crippen LogP contribution in [0, 0.1) is 13.8 Å². The highest BCUT2D eigenvalue weighted by atomic mass is 16.6. The van der Waals surface area contributed by atoms with E-state index in [1.807, 2.05) is 31.7 Å². The quantitative estimate of drug-likeness (QED) is 0.844. The van der Waals surface area contributed by atoms with Crippen LogP contribution in [0.1, 0.15) is 63.1 Å². The molecule has 2 unspecified atom stereocenters. The Hall–Kier alpha value is -1.55. The molecular formula is C20H29NO3. The molecule has 1 amide bonds. The van der Waals surface area contributed by atoms with Crippen molar-refractivity contribution in [2.75, 3.05) is 0 Å². The Morgan fingerprint density at radius 3 is 2.29 bits per heavy atom. The van der Waals surface area contributed by atoms with Crippen LogP contribution in [0.4, 0.5) is 4.79 Å². The Bertz CT molecular complexity index is 633. The number of nitrogens with zero attached hydrogens (tertiary/aromatic N) is 1. The molecule has 2 fully saturated rings. The molecule has 1 N–H and O–H groups in total. The van der Waals surface area contributed by atoms with Gasteiger partial charge in [-0.25, -0.2) is 4.79 Å². The lowest BCUT2D eigenvalue weighted by Crippen LogP contribution is -2.53. The van der Waals surface area contributed by atoms with Crippen LogP contribution in [0.3, 0.4) is 0 Å². The number of hydrogen-bond donors (Lipinski definition) is 1. The lowest BCUT2D eigenvalue weighted by molar-refractivity contribution is -0.0627. The largest absolute Gasteiger partial charge is 0.444 e. The molecule has 2 aliphatic heterocycles. The van der Waals surface area contributed by atoms with Crippen LogP contribution in [-0.2, 0) is 10.3 Å². The number of benzene rings is 1. The normalized spacial score (nSPS) is 29.7. The third kappa shape index (κ3) is 3.16. The first-order valence-corrected chi connectivity index (χ1v) is 8.90. The van der Waals surface area contributed by atoms with Crippen molar-refractivity contribution < 1.29 is 14.6 Å². The fourth-order valence-electron chi connectivity index (χ4n) is 4.39. The summed E-state index contributed by atoms with van der Waals surface area (Å²) < 4.78 is 5.58. The molecule has 0 aromatic heterocycles. The highest BCUT2D eigenvalue weighted by Gasteiger charge is 2.51. The molecule has 2 aliphatic rings. The zero-order chi connectivity index (χ0) is 17.7. The third-order valence-corrected chi connectivity index (χ3v) is 5.25.